The van der Waals surface area contributed by atoms with E-state index in [0.717, 1.165) is 25.1 Å². The van der Waals surface area contributed by atoms with Gasteiger partial charge in [0, 0.05) is 31.3 Å². The Morgan fingerprint density at radius 1 is 1.14 bits per heavy atom. The molecule has 2 aromatic rings. The first-order valence-corrected chi connectivity index (χ1v) is 8.61. The van der Waals surface area contributed by atoms with Crippen LogP contribution < -0.4 is 5.32 Å². The Morgan fingerprint density at radius 2 is 1.86 bits per heavy atom. The molecule has 0 saturated carbocycles. The average molecular weight is 401 g/mol. The number of hydrogen-bond acceptors (Lipinski definition) is 2. The number of carbonyl (C=O) groups is 1. The van der Waals surface area contributed by atoms with Crippen LogP contribution in [0.1, 0.15) is 37.3 Å². The van der Waals surface area contributed by atoms with Crippen molar-refractivity contribution < 1.29 is 26.7 Å². The van der Waals surface area contributed by atoms with Crippen molar-refractivity contribution in [2.75, 3.05) is 5.32 Å². The fourth-order valence-corrected chi connectivity index (χ4v) is 2.50. The quantitative estimate of drug-likeness (QED) is 0.367. The van der Waals surface area contributed by atoms with Crippen LogP contribution in [0.25, 0.3) is 6.08 Å². The standard InChI is InChI=1S/C19H20F5N3O/c1-18(20,21)11-4-5-12-27-13-10-16(26-27)25-17(28)9-8-14-6-2-3-7-15(14)19(22,23)24/h2-3,6-10,13H,4-5,11-12H2,1H3,(H,25,26,28). The first-order valence-electron chi connectivity index (χ1n) is 8.61. The van der Waals surface area contributed by atoms with Crippen molar-refractivity contribution in [2.24, 2.45) is 0 Å². The summed E-state index contributed by atoms with van der Waals surface area (Å²) >= 11 is 0. The van der Waals surface area contributed by atoms with E-state index in [1.807, 2.05) is 0 Å². The number of carbonyl (C=O) groups excluding carboxylic acids is 1. The Kier molecular flexibility index (Phi) is 6.93. The van der Waals surface area contributed by atoms with Crippen molar-refractivity contribution in [3.8, 4) is 0 Å². The number of anilines is 1. The van der Waals surface area contributed by atoms with Gasteiger partial charge in [0.1, 0.15) is 0 Å². The highest BCUT2D eigenvalue weighted by Gasteiger charge is 2.32. The van der Waals surface area contributed by atoms with Crippen LogP contribution in [0.3, 0.4) is 0 Å². The van der Waals surface area contributed by atoms with Crippen molar-refractivity contribution in [3.05, 3.63) is 53.7 Å². The molecule has 28 heavy (non-hydrogen) atoms. The van der Waals surface area contributed by atoms with Gasteiger partial charge in [-0.2, -0.15) is 18.3 Å². The van der Waals surface area contributed by atoms with Gasteiger partial charge in [-0.1, -0.05) is 18.2 Å². The molecule has 0 radical (unpaired) electrons. The van der Waals surface area contributed by atoms with Crippen LogP contribution in [0, 0.1) is 0 Å². The summed E-state index contributed by atoms with van der Waals surface area (Å²) in [6, 6.07) is 6.44. The zero-order valence-corrected chi connectivity index (χ0v) is 15.1. The molecule has 0 aliphatic carbocycles. The minimum atomic E-state index is -4.52. The molecule has 9 heteroatoms. The molecule has 0 bridgehead atoms. The molecule has 0 unspecified atom stereocenters. The number of benzene rings is 1. The number of halogens is 5. The molecule has 1 aromatic heterocycles. The summed E-state index contributed by atoms with van der Waals surface area (Å²) in [4.78, 5) is 11.9. The monoisotopic (exact) mass is 401 g/mol. The number of unbranched alkanes of at least 4 members (excludes halogenated alkanes) is 1. The van der Waals surface area contributed by atoms with E-state index in [-0.39, 0.29) is 17.8 Å². The number of alkyl halides is 5. The number of hydrogen-bond donors (Lipinski definition) is 1. The van der Waals surface area contributed by atoms with Crippen LogP contribution in [0.5, 0.6) is 0 Å². The number of amides is 1. The Hall–Kier alpha value is -2.71. The lowest BCUT2D eigenvalue weighted by Crippen LogP contribution is -2.11. The minimum Gasteiger partial charge on any atom is -0.306 e. The zero-order valence-electron chi connectivity index (χ0n) is 15.1. The van der Waals surface area contributed by atoms with E-state index in [9.17, 15) is 26.7 Å². The summed E-state index contributed by atoms with van der Waals surface area (Å²) < 4.78 is 65.8. The van der Waals surface area contributed by atoms with Gasteiger partial charge in [-0.05, 0) is 37.5 Å². The second-order valence-electron chi connectivity index (χ2n) is 6.40. The maximum atomic E-state index is 12.9. The minimum absolute atomic E-state index is 0.122. The molecule has 0 aliphatic heterocycles. The largest absolute Gasteiger partial charge is 0.416 e. The van der Waals surface area contributed by atoms with Crippen molar-refractivity contribution in [1.82, 2.24) is 9.78 Å². The van der Waals surface area contributed by atoms with Crippen LogP contribution in [-0.4, -0.2) is 21.6 Å². The van der Waals surface area contributed by atoms with Gasteiger partial charge in [-0.3, -0.25) is 9.48 Å². The van der Waals surface area contributed by atoms with Gasteiger partial charge in [-0.25, -0.2) is 8.78 Å². The number of rotatable bonds is 8. The molecule has 0 atom stereocenters. The molecule has 1 aromatic carbocycles. The van der Waals surface area contributed by atoms with Gasteiger partial charge in [0.15, 0.2) is 5.82 Å². The fraction of sp³-hybridized carbons (Fsp3) is 0.368. The Balaban J connectivity index is 1.89. The number of nitrogens with one attached hydrogen (secondary N) is 1. The Bertz CT molecular complexity index is 821. The smallest absolute Gasteiger partial charge is 0.306 e. The van der Waals surface area contributed by atoms with Gasteiger partial charge in [0.25, 0.3) is 0 Å². The molecule has 1 amide bonds. The van der Waals surface area contributed by atoms with Crippen molar-refractivity contribution >= 4 is 17.8 Å². The predicted octanol–water partition coefficient (Wildman–Crippen LogP) is 5.38. The van der Waals surface area contributed by atoms with Crippen LogP contribution in [0.15, 0.2) is 42.6 Å². The summed E-state index contributed by atoms with van der Waals surface area (Å²) in [5.74, 6) is -3.10. The summed E-state index contributed by atoms with van der Waals surface area (Å²) in [5.41, 5.74) is -0.954. The highest BCUT2D eigenvalue weighted by molar-refractivity contribution is 6.01. The first-order chi connectivity index (χ1) is 13.0. The normalized spacial score (nSPS) is 12.5. The van der Waals surface area contributed by atoms with Gasteiger partial charge in [0.05, 0.1) is 5.56 Å². The summed E-state index contributed by atoms with van der Waals surface area (Å²) in [5, 5.41) is 6.53. The molecule has 1 N–H and O–H groups in total. The lowest BCUT2D eigenvalue weighted by atomic mass is 10.1. The van der Waals surface area contributed by atoms with Crippen molar-refractivity contribution in [1.29, 1.82) is 0 Å². The van der Waals surface area contributed by atoms with Gasteiger partial charge in [0.2, 0.25) is 11.8 Å². The van der Waals surface area contributed by atoms with E-state index in [1.54, 1.807) is 6.20 Å². The molecule has 2 rings (SSSR count). The van der Waals surface area contributed by atoms with E-state index in [2.05, 4.69) is 10.4 Å². The number of aryl methyl sites for hydroxylation is 1. The Morgan fingerprint density at radius 3 is 2.54 bits per heavy atom. The third kappa shape index (κ3) is 7.13. The summed E-state index contributed by atoms with van der Waals surface area (Å²) in [6.45, 7) is 1.29. The Labute approximate surface area is 159 Å². The predicted molar refractivity (Wildman–Crippen MR) is 95.8 cm³/mol. The fourth-order valence-electron chi connectivity index (χ4n) is 2.50. The molecule has 4 nitrogen and oxygen atoms in total. The number of nitrogens with zero attached hydrogens (tertiary/aromatic N) is 2. The molecular weight excluding hydrogens is 381 g/mol. The second-order valence-corrected chi connectivity index (χ2v) is 6.40. The first kappa shape index (κ1) is 21.6. The maximum absolute atomic E-state index is 12.9. The van der Waals surface area contributed by atoms with Gasteiger partial charge >= 0.3 is 6.18 Å². The third-order valence-electron chi connectivity index (χ3n) is 3.83. The molecule has 0 saturated heterocycles. The molecule has 152 valence electrons. The van der Waals surface area contributed by atoms with Gasteiger partial charge < -0.3 is 5.32 Å². The SMILES string of the molecule is CC(F)(F)CCCCn1ccc(NC(=O)C=Cc2ccccc2C(F)(F)F)n1. The van der Waals surface area contributed by atoms with E-state index in [4.69, 9.17) is 0 Å². The van der Waals surface area contributed by atoms with Crippen LogP contribution >= 0.6 is 0 Å². The van der Waals surface area contributed by atoms with E-state index >= 15 is 0 Å². The highest BCUT2D eigenvalue weighted by Crippen LogP contribution is 2.32. The van der Waals surface area contributed by atoms with E-state index in [1.165, 1.54) is 28.9 Å². The van der Waals surface area contributed by atoms with Crippen molar-refractivity contribution in [2.45, 2.75) is 44.8 Å². The number of aromatic nitrogens is 2. The second kappa shape index (κ2) is 8.99. The molecule has 0 aliphatic rings. The molecular formula is C19H20F5N3O. The van der Waals surface area contributed by atoms with E-state index < -0.39 is 23.6 Å². The van der Waals surface area contributed by atoms with Crippen LogP contribution in [0.2, 0.25) is 0 Å². The third-order valence-corrected chi connectivity index (χ3v) is 3.83. The molecule has 0 spiro atoms. The van der Waals surface area contributed by atoms with Crippen LogP contribution in [0.4, 0.5) is 27.8 Å². The lowest BCUT2D eigenvalue weighted by molar-refractivity contribution is -0.137. The summed E-state index contributed by atoms with van der Waals surface area (Å²) in [7, 11) is 0. The molecule has 0 fully saturated rings. The summed E-state index contributed by atoms with van der Waals surface area (Å²) in [6.07, 6.45) is -0.214. The maximum Gasteiger partial charge on any atom is 0.416 e. The highest BCUT2D eigenvalue weighted by atomic mass is 19.4. The van der Waals surface area contributed by atoms with Crippen molar-refractivity contribution in [3.63, 3.8) is 0 Å². The molecule has 1 heterocycles. The van der Waals surface area contributed by atoms with Crippen LogP contribution in [-0.2, 0) is 17.5 Å². The average Bonchev–Trinajstić information content (AvgIpc) is 3.03. The lowest BCUT2D eigenvalue weighted by Gasteiger charge is -2.09. The van der Waals surface area contributed by atoms with E-state index in [0.29, 0.717) is 19.4 Å². The zero-order chi connectivity index (χ0) is 20.8. The topological polar surface area (TPSA) is 46.9 Å². The van der Waals surface area contributed by atoms with Gasteiger partial charge in [-0.15, -0.1) is 0 Å².